The first-order chi connectivity index (χ1) is 10.7. The van der Waals surface area contributed by atoms with E-state index in [-0.39, 0.29) is 11.9 Å². The molecule has 2 heterocycles. The van der Waals surface area contributed by atoms with E-state index < -0.39 is 0 Å². The predicted octanol–water partition coefficient (Wildman–Crippen LogP) is 4.17. The van der Waals surface area contributed by atoms with Crippen molar-refractivity contribution in [1.29, 1.82) is 0 Å². The van der Waals surface area contributed by atoms with Crippen LogP contribution in [0.3, 0.4) is 0 Å². The molecular formula is C17H18BrFN2O. The van der Waals surface area contributed by atoms with Crippen molar-refractivity contribution >= 4 is 21.6 Å². The molecule has 0 aliphatic carbocycles. The van der Waals surface area contributed by atoms with Crippen LogP contribution in [-0.2, 0) is 11.3 Å². The fourth-order valence-electron chi connectivity index (χ4n) is 2.65. The fraction of sp³-hybridized carbons (Fsp3) is 0.353. The Balaban J connectivity index is 1.48. The average molecular weight is 365 g/mol. The zero-order valence-corrected chi connectivity index (χ0v) is 13.8. The summed E-state index contributed by atoms with van der Waals surface area (Å²) in [5.41, 5.74) is 2.16. The van der Waals surface area contributed by atoms with E-state index in [0.717, 1.165) is 41.7 Å². The first-order valence-corrected chi connectivity index (χ1v) is 8.21. The van der Waals surface area contributed by atoms with Crippen LogP contribution in [0.2, 0.25) is 0 Å². The first-order valence-electron chi connectivity index (χ1n) is 7.42. The van der Waals surface area contributed by atoms with Gasteiger partial charge in [0.1, 0.15) is 5.82 Å². The number of halogens is 2. The van der Waals surface area contributed by atoms with Crippen molar-refractivity contribution in [3.05, 3.63) is 58.6 Å². The summed E-state index contributed by atoms with van der Waals surface area (Å²) < 4.78 is 19.8. The van der Waals surface area contributed by atoms with Gasteiger partial charge in [0.05, 0.1) is 24.6 Å². The fourth-order valence-corrected chi connectivity index (χ4v) is 3.00. The van der Waals surface area contributed by atoms with Gasteiger partial charge in [0.15, 0.2) is 0 Å². The molecule has 1 aromatic carbocycles. The number of nitrogens with zero attached hydrogens (tertiary/aromatic N) is 2. The summed E-state index contributed by atoms with van der Waals surface area (Å²) in [6.45, 7) is 2.47. The number of ether oxygens (including phenoxy) is 1. The standard InChI is InChI=1S/C17H18BrFN2O/c18-14-9-16(11-20-10-14)21-7-5-17(6-8-21)22-12-13-1-3-15(19)4-2-13/h1-4,9-11,17H,5-8,12H2. The molecule has 0 N–H and O–H groups in total. The number of piperidine rings is 1. The summed E-state index contributed by atoms with van der Waals surface area (Å²) >= 11 is 3.46. The van der Waals surface area contributed by atoms with Crippen LogP contribution in [0.25, 0.3) is 0 Å². The Labute approximate surface area is 138 Å². The van der Waals surface area contributed by atoms with E-state index in [1.807, 2.05) is 6.20 Å². The van der Waals surface area contributed by atoms with Gasteiger partial charge in [-0.1, -0.05) is 12.1 Å². The number of rotatable bonds is 4. The second kappa shape index (κ2) is 7.20. The largest absolute Gasteiger partial charge is 0.373 e. The molecule has 0 radical (unpaired) electrons. The lowest BCUT2D eigenvalue weighted by Gasteiger charge is -2.33. The van der Waals surface area contributed by atoms with Gasteiger partial charge in [-0.25, -0.2) is 4.39 Å². The molecule has 2 aromatic rings. The topological polar surface area (TPSA) is 25.4 Å². The number of aromatic nitrogens is 1. The number of pyridine rings is 1. The molecule has 1 aliphatic rings. The normalized spacial score (nSPS) is 16.0. The Hall–Kier alpha value is -1.46. The van der Waals surface area contributed by atoms with E-state index in [4.69, 9.17) is 4.74 Å². The Morgan fingerprint density at radius 2 is 1.91 bits per heavy atom. The number of anilines is 1. The highest BCUT2D eigenvalue weighted by atomic mass is 79.9. The van der Waals surface area contributed by atoms with Crippen LogP contribution >= 0.6 is 15.9 Å². The molecule has 0 atom stereocenters. The lowest BCUT2D eigenvalue weighted by atomic mass is 10.1. The SMILES string of the molecule is Fc1ccc(COC2CCN(c3cncc(Br)c3)CC2)cc1. The highest BCUT2D eigenvalue weighted by Gasteiger charge is 2.20. The molecule has 1 fully saturated rings. The third kappa shape index (κ3) is 4.05. The van der Waals surface area contributed by atoms with Gasteiger partial charge in [-0.3, -0.25) is 4.98 Å². The Morgan fingerprint density at radius 1 is 1.18 bits per heavy atom. The molecule has 0 bridgehead atoms. The van der Waals surface area contributed by atoms with Crippen LogP contribution in [0.1, 0.15) is 18.4 Å². The molecule has 5 heteroatoms. The highest BCUT2D eigenvalue weighted by Crippen LogP contribution is 2.23. The molecule has 0 unspecified atom stereocenters. The van der Waals surface area contributed by atoms with E-state index in [9.17, 15) is 4.39 Å². The Bertz CT molecular complexity index is 612. The van der Waals surface area contributed by atoms with Crippen LogP contribution < -0.4 is 4.90 Å². The summed E-state index contributed by atoms with van der Waals surface area (Å²) in [5, 5.41) is 0. The molecule has 1 aliphatic heterocycles. The predicted molar refractivity (Wildman–Crippen MR) is 88.4 cm³/mol. The Morgan fingerprint density at radius 3 is 2.59 bits per heavy atom. The summed E-state index contributed by atoms with van der Waals surface area (Å²) in [5.74, 6) is -0.209. The van der Waals surface area contributed by atoms with E-state index in [0.29, 0.717) is 6.61 Å². The van der Waals surface area contributed by atoms with Crippen molar-refractivity contribution in [3.63, 3.8) is 0 Å². The molecule has 1 saturated heterocycles. The number of benzene rings is 1. The molecule has 0 spiro atoms. The summed E-state index contributed by atoms with van der Waals surface area (Å²) in [6, 6.07) is 8.59. The molecule has 3 nitrogen and oxygen atoms in total. The van der Waals surface area contributed by atoms with E-state index in [2.05, 4.69) is 31.9 Å². The maximum atomic E-state index is 12.9. The second-order valence-corrected chi connectivity index (χ2v) is 6.40. The van der Waals surface area contributed by atoms with Crippen molar-refractivity contribution in [3.8, 4) is 0 Å². The van der Waals surface area contributed by atoms with E-state index in [1.54, 1.807) is 18.3 Å². The zero-order chi connectivity index (χ0) is 15.4. The molecule has 1 aromatic heterocycles. The molecule has 0 amide bonds. The van der Waals surface area contributed by atoms with Gasteiger partial charge in [0.25, 0.3) is 0 Å². The van der Waals surface area contributed by atoms with Crippen molar-refractivity contribution in [2.75, 3.05) is 18.0 Å². The molecule has 0 saturated carbocycles. The average Bonchev–Trinajstić information content (AvgIpc) is 2.55. The van der Waals surface area contributed by atoms with Crippen molar-refractivity contribution in [2.24, 2.45) is 0 Å². The Kier molecular flexibility index (Phi) is 5.05. The minimum atomic E-state index is -0.209. The van der Waals surface area contributed by atoms with Crippen molar-refractivity contribution in [1.82, 2.24) is 4.98 Å². The smallest absolute Gasteiger partial charge is 0.123 e. The first kappa shape index (κ1) is 15.4. The molecule has 22 heavy (non-hydrogen) atoms. The minimum Gasteiger partial charge on any atom is -0.373 e. The van der Waals surface area contributed by atoms with Crippen LogP contribution in [0.5, 0.6) is 0 Å². The second-order valence-electron chi connectivity index (χ2n) is 5.49. The summed E-state index contributed by atoms with van der Waals surface area (Å²) in [4.78, 5) is 6.54. The lowest BCUT2D eigenvalue weighted by molar-refractivity contribution is 0.0251. The maximum absolute atomic E-state index is 12.9. The molecular weight excluding hydrogens is 347 g/mol. The highest BCUT2D eigenvalue weighted by molar-refractivity contribution is 9.10. The summed E-state index contributed by atoms with van der Waals surface area (Å²) in [6.07, 6.45) is 5.94. The van der Waals surface area contributed by atoms with Gasteiger partial charge in [-0.05, 0) is 52.5 Å². The maximum Gasteiger partial charge on any atom is 0.123 e. The van der Waals surface area contributed by atoms with Crippen LogP contribution in [0.4, 0.5) is 10.1 Å². The third-order valence-corrected chi connectivity index (χ3v) is 4.33. The van der Waals surface area contributed by atoms with Crippen LogP contribution in [0.15, 0.2) is 47.2 Å². The zero-order valence-electron chi connectivity index (χ0n) is 12.2. The summed E-state index contributed by atoms with van der Waals surface area (Å²) in [7, 11) is 0. The number of hydrogen-bond donors (Lipinski definition) is 0. The van der Waals surface area contributed by atoms with E-state index in [1.165, 1.54) is 12.1 Å². The van der Waals surface area contributed by atoms with E-state index >= 15 is 0 Å². The van der Waals surface area contributed by atoms with Gasteiger partial charge in [-0.15, -0.1) is 0 Å². The van der Waals surface area contributed by atoms with Gasteiger partial charge in [-0.2, -0.15) is 0 Å². The molecule has 3 rings (SSSR count). The third-order valence-electron chi connectivity index (χ3n) is 3.90. The van der Waals surface area contributed by atoms with Crippen LogP contribution in [-0.4, -0.2) is 24.2 Å². The number of hydrogen-bond acceptors (Lipinski definition) is 3. The van der Waals surface area contributed by atoms with Gasteiger partial charge in [0.2, 0.25) is 0 Å². The monoisotopic (exact) mass is 364 g/mol. The molecule has 116 valence electrons. The van der Waals surface area contributed by atoms with Crippen molar-refractivity contribution < 1.29 is 9.13 Å². The van der Waals surface area contributed by atoms with Gasteiger partial charge in [0, 0.05) is 23.8 Å². The lowest BCUT2D eigenvalue weighted by Crippen LogP contribution is -2.37. The van der Waals surface area contributed by atoms with Gasteiger partial charge < -0.3 is 9.64 Å². The minimum absolute atomic E-state index is 0.209. The van der Waals surface area contributed by atoms with Crippen LogP contribution in [0, 0.1) is 5.82 Å². The quantitative estimate of drug-likeness (QED) is 0.813. The van der Waals surface area contributed by atoms with Gasteiger partial charge >= 0.3 is 0 Å². The van der Waals surface area contributed by atoms with Crippen molar-refractivity contribution in [2.45, 2.75) is 25.6 Å².